The van der Waals surface area contributed by atoms with Crippen LogP contribution in [-0.2, 0) is 0 Å². The molecule has 6 nitrogen and oxygen atoms in total. The molecule has 0 N–H and O–H groups in total. The van der Waals surface area contributed by atoms with Crippen molar-refractivity contribution in [3.05, 3.63) is 78.2 Å². The monoisotopic (exact) mass is 434 g/mol. The molecule has 1 atom stereocenters. The standard InChI is InChI=1S/C25H27FN4O2/c1-28(2)20-13-15-30(17-20)23-12-9-19(16-22(23)26)29(3)25(31)18-7-10-21(11-8-18)32-24-6-4-5-14-27-24/h4-12,14,16,20H,13,15,17H2,1-3H3/t20-/m1/s1. The molecule has 3 aromatic rings. The Morgan fingerprint density at radius 2 is 1.88 bits per heavy atom. The van der Waals surface area contributed by atoms with Gasteiger partial charge in [-0.15, -0.1) is 0 Å². The third-order valence-electron chi connectivity index (χ3n) is 5.82. The van der Waals surface area contributed by atoms with Crippen molar-refractivity contribution in [3.8, 4) is 11.6 Å². The normalized spacial score (nSPS) is 15.8. The SMILES string of the molecule is CN(C(=O)c1ccc(Oc2ccccn2)cc1)c1ccc(N2CC[C@@H](N(C)C)C2)c(F)c1. The van der Waals surface area contributed by atoms with E-state index in [0.29, 0.717) is 34.6 Å². The van der Waals surface area contributed by atoms with Crippen LogP contribution in [0.5, 0.6) is 11.6 Å². The van der Waals surface area contributed by atoms with E-state index in [9.17, 15) is 9.18 Å². The highest BCUT2D eigenvalue weighted by atomic mass is 19.1. The molecule has 32 heavy (non-hydrogen) atoms. The molecule has 1 aromatic heterocycles. The van der Waals surface area contributed by atoms with Crippen LogP contribution in [0.2, 0.25) is 0 Å². The Balaban J connectivity index is 1.44. The first kappa shape index (κ1) is 21.8. The first-order chi connectivity index (χ1) is 15.4. The molecule has 1 aliphatic rings. The van der Waals surface area contributed by atoms with Crippen molar-refractivity contribution in [2.24, 2.45) is 0 Å². The van der Waals surface area contributed by atoms with Gasteiger partial charge in [-0.1, -0.05) is 6.07 Å². The van der Waals surface area contributed by atoms with E-state index >= 15 is 0 Å². The number of carbonyl (C=O) groups is 1. The Morgan fingerprint density at radius 1 is 1.09 bits per heavy atom. The summed E-state index contributed by atoms with van der Waals surface area (Å²) in [4.78, 5) is 22.7. The molecule has 0 aliphatic carbocycles. The maximum atomic E-state index is 14.9. The topological polar surface area (TPSA) is 48.9 Å². The van der Waals surface area contributed by atoms with Gasteiger partial charge in [-0.25, -0.2) is 9.37 Å². The molecule has 166 valence electrons. The average Bonchev–Trinajstić information content (AvgIpc) is 3.30. The van der Waals surface area contributed by atoms with E-state index in [4.69, 9.17) is 4.74 Å². The molecule has 4 rings (SSSR count). The van der Waals surface area contributed by atoms with Crippen LogP contribution in [0.4, 0.5) is 15.8 Å². The van der Waals surface area contributed by atoms with Gasteiger partial charge in [0.25, 0.3) is 5.91 Å². The molecule has 2 aromatic carbocycles. The predicted molar refractivity (Wildman–Crippen MR) is 124 cm³/mol. The van der Waals surface area contributed by atoms with Crippen molar-refractivity contribution in [1.82, 2.24) is 9.88 Å². The van der Waals surface area contributed by atoms with Crippen LogP contribution < -0.4 is 14.5 Å². The molecule has 0 bridgehead atoms. The van der Waals surface area contributed by atoms with E-state index in [1.807, 2.05) is 26.2 Å². The van der Waals surface area contributed by atoms with Gasteiger partial charge in [0.15, 0.2) is 0 Å². The molecule has 1 amide bonds. The molecule has 7 heteroatoms. The second-order valence-corrected chi connectivity index (χ2v) is 8.15. The summed E-state index contributed by atoms with van der Waals surface area (Å²) in [6, 6.07) is 17.6. The van der Waals surface area contributed by atoms with Crippen LogP contribution in [0.1, 0.15) is 16.8 Å². The van der Waals surface area contributed by atoms with Gasteiger partial charge < -0.3 is 19.4 Å². The number of amides is 1. The van der Waals surface area contributed by atoms with Crippen LogP contribution in [0.15, 0.2) is 66.9 Å². The van der Waals surface area contributed by atoms with E-state index < -0.39 is 0 Å². The first-order valence-electron chi connectivity index (χ1n) is 10.6. The van der Waals surface area contributed by atoms with E-state index in [1.54, 1.807) is 55.7 Å². The minimum Gasteiger partial charge on any atom is -0.439 e. The average molecular weight is 435 g/mol. The number of anilines is 2. The zero-order valence-corrected chi connectivity index (χ0v) is 18.5. The second kappa shape index (κ2) is 9.36. The molecule has 1 aliphatic heterocycles. The highest BCUT2D eigenvalue weighted by Gasteiger charge is 2.26. The van der Waals surface area contributed by atoms with Crippen molar-refractivity contribution in [2.45, 2.75) is 12.5 Å². The Bertz CT molecular complexity index is 1070. The maximum absolute atomic E-state index is 14.9. The summed E-state index contributed by atoms with van der Waals surface area (Å²) in [6.07, 6.45) is 2.66. The Labute approximate surface area is 187 Å². The number of rotatable bonds is 6. The van der Waals surface area contributed by atoms with Gasteiger partial charge in [0, 0.05) is 49.7 Å². The lowest BCUT2D eigenvalue weighted by Gasteiger charge is -2.23. The van der Waals surface area contributed by atoms with Crippen molar-refractivity contribution in [2.75, 3.05) is 44.0 Å². The van der Waals surface area contributed by atoms with Crippen molar-refractivity contribution in [3.63, 3.8) is 0 Å². The fourth-order valence-corrected chi connectivity index (χ4v) is 3.85. The molecule has 1 fully saturated rings. The Morgan fingerprint density at radius 3 is 2.50 bits per heavy atom. The minimum atomic E-state index is -0.319. The first-order valence-corrected chi connectivity index (χ1v) is 10.6. The van der Waals surface area contributed by atoms with Crippen LogP contribution in [0, 0.1) is 5.82 Å². The number of halogens is 1. The largest absolute Gasteiger partial charge is 0.439 e. The molecule has 0 radical (unpaired) electrons. The molecular formula is C25H27FN4O2. The summed E-state index contributed by atoms with van der Waals surface area (Å²) < 4.78 is 20.6. The lowest BCUT2D eigenvalue weighted by atomic mass is 10.1. The van der Waals surface area contributed by atoms with Crippen LogP contribution in [-0.4, -0.2) is 56.1 Å². The number of ether oxygens (including phenoxy) is 1. The number of aromatic nitrogens is 1. The van der Waals surface area contributed by atoms with Gasteiger partial charge >= 0.3 is 0 Å². The fraction of sp³-hybridized carbons (Fsp3) is 0.280. The molecular weight excluding hydrogens is 407 g/mol. The fourth-order valence-electron chi connectivity index (χ4n) is 3.85. The minimum absolute atomic E-state index is 0.226. The summed E-state index contributed by atoms with van der Waals surface area (Å²) >= 11 is 0. The van der Waals surface area contributed by atoms with Crippen molar-refractivity contribution < 1.29 is 13.9 Å². The molecule has 2 heterocycles. The number of nitrogens with zero attached hydrogens (tertiary/aromatic N) is 4. The lowest BCUT2D eigenvalue weighted by Crippen LogP contribution is -2.31. The number of likely N-dealkylation sites (N-methyl/N-ethyl adjacent to an activating group) is 1. The summed E-state index contributed by atoms with van der Waals surface area (Å²) in [5.74, 6) is 0.519. The Hall–Kier alpha value is -3.45. The molecule has 0 unspecified atom stereocenters. The van der Waals surface area contributed by atoms with E-state index in [-0.39, 0.29) is 11.7 Å². The van der Waals surface area contributed by atoms with Gasteiger partial charge in [0.05, 0.1) is 5.69 Å². The summed E-state index contributed by atoms with van der Waals surface area (Å²) in [5.41, 5.74) is 1.57. The van der Waals surface area contributed by atoms with Crippen LogP contribution >= 0.6 is 0 Å². The summed E-state index contributed by atoms with van der Waals surface area (Å²) in [7, 11) is 5.74. The van der Waals surface area contributed by atoms with Gasteiger partial charge in [-0.3, -0.25) is 4.79 Å². The molecule has 0 spiro atoms. The summed E-state index contributed by atoms with van der Waals surface area (Å²) in [5, 5.41) is 0. The van der Waals surface area contributed by atoms with Gasteiger partial charge in [-0.2, -0.15) is 0 Å². The summed E-state index contributed by atoms with van der Waals surface area (Å²) in [6.45, 7) is 1.62. The highest BCUT2D eigenvalue weighted by Crippen LogP contribution is 2.29. The van der Waals surface area contributed by atoms with Gasteiger partial charge in [0.1, 0.15) is 11.6 Å². The number of pyridine rings is 1. The van der Waals surface area contributed by atoms with E-state index in [0.717, 1.165) is 19.5 Å². The quantitative estimate of drug-likeness (QED) is 0.575. The number of benzene rings is 2. The number of hydrogen-bond acceptors (Lipinski definition) is 5. The van der Waals surface area contributed by atoms with E-state index in [1.165, 1.54) is 11.0 Å². The second-order valence-electron chi connectivity index (χ2n) is 8.15. The van der Waals surface area contributed by atoms with Crippen molar-refractivity contribution >= 4 is 17.3 Å². The van der Waals surface area contributed by atoms with E-state index in [2.05, 4.69) is 14.8 Å². The van der Waals surface area contributed by atoms with Gasteiger partial charge in [-0.05, 0) is 69.0 Å². The zero-order chi connectivity index (χ0) is 22.7. The molecule has 0 saturated carbocycles. The predicted octanol–water partition coefficient (Wildman–Crippen LogP) is 4.43. The van der Waals surface area contributed by atoms with Crippen LogP contribution in [0.25, 0.3) is 0 Å². The number of hydrogen-bond donors (Lipinski definition) is 0. The lowest BCUT2D eigenvalue weighted by molar-refractivity contribution is 0.0993. The van der Waals surface area contributed by atoms with Crippen LogP contribution in [0.3, 0.4) is 0 Å². The maximum Gasteiger partial charge on any atom is 0.258 e. The smallest absolute Gasteiger partial charge is 0.258 e. The molecule has 1 saturated heterocycles. The van der Waals surface area contributed by atoms with Crippen molar-refractivity contribution in [1.29, 1.82) is 0 Å². The third kappa shape index (κ3) is 4.73. The Kier molecular flexibility index (Phi) is 6.37. The third-order valence-corrected chi connectivity index (χ3v) is 5.82. The van der Waals surface area contributed by atoms with Gasteiger partial charge in [0.2, 0.25) is 5.88 Å². The zero-order valence-electron chi connectivity index (χ0n) is 18.5. The number of carbonyl (C=O) groups excluding carboxylic acids is 1. The highest BCUT2D eigenvalue weighted by molar-refractivity contribution is 6.05.